The number of Topliss-reactive ketones (excluding diaryl/α,β-unsaturated/α-hetero) is 1. The van der Waals surface area contributed by atoms with Gasteiger partial charge in [-0.1, -0.05) is 17.7 Å². The summed E-state index contributed by atoms with van der Waals surface area (Å²) in [5.74, 6) is -2.24. The monoisotopic (exact) mass is 398 g/mol. The molecule has 7 heteroatoms. The van der Waals surface area contributed by atoms with Gasteiger partial charge in [0.05, 0.1) is 31.8 Å². The Bertz CT molecular complexity index is 925. The van der Waals surface area contributed by atoms with Crippen LogP contribution in [-0.4, -0.2) is 37.9 Å². The third kappa shape index (κ3) is 5.75. The van der Waals surface area contributed by atoms with Crippen LogP contribution >= 0.6 is 0 Å². The van der Waals surface area contributed by atoms with Gasteiger partial charge >= 0.3 is 17.9 Å². The fourth-order valence-corrected chi connectivity index (χ4v) is 2.70. The highest BCUT2D eigenvalue weighted by Crippen LogP contribution is 2.20. The van der Waals surface area contributed by atoms with E-state index in [1.165, 1.54) is 32.4 Å². The molecule has 0 aliphatic rings. The van der Waals surface area contributed by atoms with E-state index in [1.54, 1.807) is 6.07 Å². The second-order valence-electron chi connectivity index (χ2n) is 6.44. The zero-order valence-electron chi connectivity index (χ0n) is 16.7. The number of carbonyl (C=O) groups is 4. The Morgan fingerprint density at radius 3 is 1.93 bits per heavy atom. The van der Waals surface area contributed by atoms with E-state index in [4.69, 9.17) is 4.74 Å². The Morgan fingerprint density at radius 2 is 1.38 bits per heavy atom. The van der Waals surface area contributed by atoms with Crippen LogP contribution in [-0.2, 0) is 14.3 Å². The molecule has 0 bridgehead atoms. The standard InChI is InChI=1S/C22H22O7/c1-13-5-6-14(2)18(9-13)19(23)7-8-20(24)29-17-11-15(21(25)27-3)10-16(12-17)22(26)28-4/h5-6,9-12H,7-8H2,1-4H3. The van der Waals surface area contributed by atoms with E-state index in [0.29, 0.717) is 5.56 Å². The second-order valence-corrected chi connectivity index (χ2v) is 6.44. The molecule has 0 aliphatic carbocycles. The van der Waals surface area contributed by atoms with Crippen LogP contribution in [0.25, 0.3) is 0 Å². The number of esters is 3. The van der Waals surface area contributed by atoms with E-state index in [2.05, 4.69) is 9.47 Å². The smallest absolute Gasteiger partial charge is 0.338 e. The number of hydrogen-bond acceptors (Lipinski definition) is 7. The van der Waals surface area contributed by atoms with Crippen LogP contribution in [0.5, 0.6) is 5.75 Å². The maximum Gasteiger partial charge on any atom is 0.338 e. The van der Waals surface area contributed by atoms with Crippen LogP contribution in [0.15, 0.2) is 36.4 Å². The molecule has 7 nitrogen and oxygen atoms in total. The summed E-state index contributed by atoms with van der Waals surface area (Å²) in [5, 5.41) is 0. The number of aryl methyl sites for hydroxylation is 2. The second kappa shape index (κ2) is 9.64. The number of carbonyl (C=O) groups excluding carboxylic acids is 4. The summed E-state index contributed by atoms with van der Waals surface area (Å²) in [6.07, 6.45) is -0.175. The first-order chi connectivity index (χ1) is 13.7. The average molecular weight is 398 g/mol. The van der Waals surface area contributed by atoms with Gasteiger partial charge in [-0.05, 0) is 43.7 Å². The molecule has 0 atom stereocenters. The molecule has 0 spiro atoms. The molecule has 0 saturated carbocycles. The zero-order chi connectivity index (χ0) is 21.6. The summed E-state index contributed by atoms with van der Waals surface area (Å²) in [6, 6.07) is 9.39. The third-order valence-corrected chi connectivity index (χ3v) is 4.23. The molecule has 2 rings (SSSR count). The van der Waals surface area contributed by atoms with E-state index in [0.717, 1.165) is 11.1 Å². The quantitative estimate of drug-likeness (QED) is 0.400. The van der Waals surface area contributed by atoms with Gasteiger partial charge in [-0.2, -0.15) is 0 Å². The Labute approximate surface area is 168 Å². The topological polar surface area (TPSA) is 96.0 Å². The fourth-order valence-electron chi connectivity index (χ4n) is 2.70. The van der Waals surface area contributed by atoms with Crippen molar-refractivity contribution in [3.8, 4) is 5.75 Å². The third-order valence-electron chi connectivity index (χ3n) is 4.23. The molecule has 0 aromatic heterocycles. The van der Waals surface area contributed by atoms with Crippen molar-refractivity contribution in [2.75, 3.05) is 14.2 Å². The molecule has 0 unspecified atom stereocenters. The normalized spacial score (nSPS) is 10.2. The Balaban J connectivity index is 2.11. The van der Waals surface area contributed by atoms with Crippen LogP contribution in [0.3, 0.4) is 0 Å². The maximum atomic E-state index is 12.4. The molecule has 0 saturated heterocycles. The molecule has 2 aromatic carbocycles. The summed E-state index contributed by atoms with van der Waals surface area (Å²) in [7, 11) is 2.38. The average Bonchev–Trinajstić information content (AvgIpc) is 2.72. The Kier molecular flexibility index (Phi) is 7.25. The summed E-state index contributed by atoms with van der Waals surface area (Å²) >= 11 is 0. The molecule has 0 amide bonds. The van der Waals surface area contributed by atoms with Crippen molar-refractivity contribution in [1.82, 2.24) is 0 Å². The van der Waals surface area contributed by atoms with E-state index < -0.39 is 17.9 Å². The van der Waals surface area contributed by atoms with Gasteiger partial charge in [-0.25, -0.2) is 9.59 Å². The number of ether oxygens (including phenoxy) is 3. The van der Waals surface area contributed by atoms with Gasteiger partial charge in [0.1, 0.15) is 5.75 Å². The Hall–Kier alpha value is -3.48. The van der Waals surface area contributed by atoms with Gasteiger partial charge in [-0.3, -0.25) is 9.59 Å². The van der Waals surface area contributed by atoms with Crippen molar-refractivity contribution < 1.29 is 33.4 Å². The van der Waals surface area contributed by atoms with E-state index >= 15 is 0 Å². The summed E-state index contributed by atoms with van der Waals surface area (Å²) in [5.41, 5.74) is 2.42. The molecule has 2 aromatic rings. The van der Waals surface area contributed by atoms with Crippen LogP contribution in [0.1, 0.15) is 55.0 Å². The first-order valence-electron chi connectivity index (χ1n) is 8.88. The molecular weight excluding hydrogens is 376 g/mol. The highest BCUT2D eigenvalue weighted by atomic mass is 16.5. The predicted molar refractivity (Wildman–Crippen MR) is 104 cm³/mol. The van der Waals surface area contributed by atoms with E-state index in [1.807, 2.05) is 26.0 Å². The minimum atomic E-state index is -0.696. The number of methoxy groups -OCH3 is 2. The predicted octanol–water partition coefficient (Wildman–Crippen LogP) is 3.45. The fraction of sp³-hybridized carbons (Fsp3) is 0.273. The van der Waals surface area contributed by atoms with Crippen LogP contribution in [0.4, 0.5) is 0 Å². The van der Waals surface area contributed by atoms with Crippen molar-refractivity contribution in [2.45, 2.75) is 26.7 Å². The Morgan fingerprint density at radius 1 is 0.793 bits per heavy atom. The molecule has 29 heavy (non-hydrogen) atoms. The van der Waals surface area contributed by atoms with Gasteiger partial charge < -0.3 is 14.2 Å². The van der Waals surface area contributed by atoms with Crippen molar-refractivity contribution in [2.24, 2.45) is 0 Å². The van der Waals surface area contributed by atoms with Gasteiger partial charge in [0.2, 0.25) is 0 Å². The van der Waals surface area contributed by atoms with Gasteiger partial charge in [-0.15, -0.1) is 0 Å². The molecule has 0 radical (unpaired) electrons. The number of hydrogen-bond donors (Lipinski definition) is 0. The minimum Gasteiger partial charge on any atom is -0.465 e. The lowest BCUT2D eigenvalue weighted by molar-refractivity contribution is -0.134. The molecule has 0 aliphatic heterocycles. The summed E-state index contributed by atoms with van der Waals surface area (Å²) < 4.78 is 14.5. The zero-order valence-corrected chi connectivity index (χ0v) is 16.7. The lowest BCUT2D eigenvalue weighted by atomic mass is 9.99. The molecule has 0 heterocycles. The molecule has 0 N–H and O–H groups in total. The van der Waals surface area contributed by atoms with Gasteiger partial charge in [0.15, 0.2) is 5.78 Å². The lowest BCUT2D eigenvalue weighted by Gasteiger charge is -2.09. The van der Waals surface area contributed by atoms with Crippen LogP contribution in [0, 0.1) is 13.8 Å². The summed E-state index contributed by atoms with van der Waals surface area (Å²) in [6.45, 7) is 3.72. The molecule has 0 fully saturated rings. The van der Waals surface area contributed by atoms with Crippen LogP contribution in [0.2, 0.25) is 0 Å². The molecular formula is C22H22O7. The van der Waals surface area contributed by atoms with Gasteiger partial charge in [0, 0.05) is 12.0 Å². The number of benzene rings is 2. The lowest BCUT2D eigenvalue weighted by Crippen LogP contribution is -2.13. The van der Waals surface area contributed by atoms with Crippen molar-refractivity contribution >= 4 is 23.7 Å². The molecule has 152 valence electrons. The van der Waals surface area contributed by atoms with Crippen LogP contribution < -0.4 is 4.74 Å². The first-order valence-corrected chi connectivity index (χ1v) is 8.88. The van der Waals surface area contributed by atoms with Crippen molar-refractivity contribution in [3.63, 3.8) is 0 Å². The summed E-state index contributed by atoms with van der Waals surface area (Å²) in [4.78, 5) is 48.2. The van der Waals surface area contributed by atoms with E-state index in [-0.39, 0.29) is 35.5 Å². The van der Waals surface area contributed by atoms with E-state index in [9.17, 15) is 19.2 Å². The highest BCUT2D eigenvalue weighted by molar-refractivity contribution is 5.99. The minimum absolute atomic E-state index is 0.0162. The largest absolute Gasteiger partial charge is 0.465 e. The first kappa shape index (κ1) is 21.8. The highest BCUT2D eigenvalue weighted by Gasteiger charge is 2.17. The SMILES string of the molecule is COC(=O)c1cc(OC(=O)CCC(=O)c2cc(C)ccc2C)cc(C(=O)OC)c1. The van der Waals surface area contributed by atoms with Gasteiger partial charge in [0.25, 0.3) is 0 Å². The number of ketones is 1. The van der Waals surface area contributed by atoms with Crippen molar-refractivity contribution in [1.29, 1.82) is 0 Å². The number of rotatable bonds is 7. The van der Waals surface area contributed by atoms with Crippen molar-refractivity contribution in [3.05, 3.63) is 64.2 Å². The maximum absolute atomic E-state index is 12.4.